The first-order valence-electron chi connectivity index (χ1n) is 6.75. The molecule has 0 bridgehead atoms. The molecule has 6 heteroatoms. The van der Waals surface area contributed by atoms with Crippen LogP contribution >= 0.6 is 11.6 Å². The van der Waals surface area contributed by atoms with E-state index in [0.717, 1.165) is 16.6 Å². The lowest BCUT2D eigenvalue weighted by atomic mass is 10.2. The van der Waals surface area contributed by atoms with Crippen LogP contribution in [0.15, 0.2) is 47.5 Å². The second kappa shape index (κ2) is 4.68. The highest BCUT2D eigenvalue weighted by atomic mass is 35.5. The molecule has 0 spiro atoms. The van der Waals surface area contributed by atoms with Crippen LogP contribution < -0.4 is 5.56 Å². The van der Waals surface area contributed by atoms with Gasteiger partial charge >= 0.3 is 0 Å². The summed E-state index contributed by atoms with van der Waals surface area (Å²) >= 11 is 5.89. The van der Waals surface area contributed by atoms with Gasteiger partial charge in [0.05, 0.1) is 22.1 Å². The van der Waals surface area contributed by atoms with Gasteiger partial charge in [-0.3, -0.25) is 14.9 Å². The van der Waals surface area contributed by atoms with Gasteiger partial charge < -0.3 is 0 Å². The van der Waals surface area contributed by atoms with E-state index < -0.39 is 0 Å². The number of fused-ring (bicyclic) bond motifs is 3. The summed E-state index contributed by atoms with van der Waals surface area (Å²) in [6, 6.07) is 9.40. The Hall–Kier alpha value is -2.66. The molecule has 4 aromatic rings. The van der Waals surface area contributed by atoms with Crippen LogP contribution in [0, 0.1) is 6.92 Å². The van der Waals surface area contributed by atoms with Crippen molar-refractivity contribution < 1.29 is 0 Å². The molecule has 0 aliphatic carbocycles. The molecule has 0 atom stereocenters. The molecule has 0 amide bonds. The summed E-state index contributed by atoms with van der Waals surface area (Å²) in [6.07, 6.45) is 3.19. The second-order valence-corrected chi connectivity index (χ2v) is 5.55. The summed E-state index contributed by atoms with van der Waals surface area (Å²) < 4.78 is 1.51. The van der Waals surface area contributed by atoms with Gasteiger partial charge in [-0.25, -0.2) is 9.67 Å². The highest BCUT2D eigenvalue weighted by molar-refractivity contribution is 6.30. The number of hydrogen-bond donors (Lipinski definition) is 1. The minimum absolute atomic E-state index is 0.136. The molecule has 5 nitrogen and oxygen atoms in total. The standard InChI is InChI=1S/C16H11ClN4O/c1-9-2-4-10(5-3-9)21-16(22)12-8-18-13-6-14(17)19-7-11(13)15(12)20-21/h2-8,20H,1H3. The number of nitrogens with zero attached hydrogens (tertiary/aromatic N) is 3. The smallest absolute Gasteiger partial charge is 0.280 e. The van der Waals surface area contributed by atoms with Crippen LogP contribution in [0.4, 0.5) is 0 Å². The molecule has 0 saturated heterocycles. The molecule has 1 N–H and O–H groups in total. The van der Waals surface area contributed by atoms with Crippen molar-refractivity contribution in [1.82, 2.24) is 19.7 Å². The molecule has 3 heterocycles. The van der Waals surface area contributed by atoms with Crippen LogP contribution in [-0.4, -0.2) is 19.7 Å². The van der Waals surface area contributed by atoms with Crippen molar-refractivity contribution in [3.8, 4) is 5.69 Å². The van der Waals surface area contributed by atoms with E-state index in [-0.39, 0.29) is 5.56 Å². The van der Waals surface area contributed by atoms with Crippen LogP contribution in [0.5, 0.6) is 0 Å². The lowest BCUT2D eigenvalue weighted by molar-refractivity contribution is 0.864. The fourth-order valence-electron chi connectivity index (χ4n) is 2.50. The van der Waals surface area contributed by atoms with E-state index in [1.807, 2.05) is 31.2 Å². The topological polar surface area (TPSA) is 63.6 Å². The molecule has 22 heavy (non-hydrogen) atoms. The highest BCUT2D eigenvalue weighted by Gasteiger charge is 2.12. The van der Waals surface area contributed by atoms with Crippen LogP contribution in [0.2, 0.25) is 5.15 Å². The zero-order valence-electron chi connectivity index (χ0n) is 11.7. The average molecular weight is 311 g/mol. The summed E-state index contributed by atoms with van der Waals surface area (Å²) in [4.78, 5) is 20.9. The minimum atomic E-state index is -0.136. The first-order valence-corrected chi connectivity index (χ1v) is 7.13. The lowest BCUT2D eigenvalue weighted by Crippen LogP contribution is -2.14. The third kappa shape index (κ3) is 1.90. The van der Waals surface area contributed by atoms with Crippen molar-refractivity contribution in [2.24, 2.45) is 0 Å². The molecular formula is C16H11ClN4O. The summed E-state index contributed by atoms with van der Waals surface area (Å²) in [7, 11) is 0. The SMILES string of the molecule is Cc1ccc(-n2[nH]c3c(cnc4cc(Cl)ncc43)c2=O)cc1. The number of aryl methyl sites for hydroxylation is 1. The summed E-state index contributed by atoms with van der Waals surface area (Å²) in [5.74, 6) is 0. The molecule has 0 saturated carbocycles. The summed E-state index contributed by atoms with van der Waals surface area (Å²) in [5, 5.41) is 4.81. The number of H-pyrrole nitrogens is 1. The molecule has 0 aliphatic rings. The Bertz CT molecular complexity index is 1060. The molecular weight excluding hydrogens is 300 g/mol. The van der Waals surface area contributed by atoms with Gasteiger partial charge in [-0.05, 0) is 19.1 Å². The fourth-order valence-corrected chi connectivity index (χ4v) is 2.66. The van der Waals surface area contributed by atoms with Crippen LogP contribution in [0.1, 0.15) is 5.56 Å². The Balaban J connectivity index is 2.06. The van der Waals surface area contributed by atoms with Gasteiger partial charge in [0.1, 0.15) is 5.15 Å². The number of halogens is 1. The number of nitrogens with one attached hydrogen (secondary N) is 1. The Morgan fingerprint density at radius 2 is 1.82 bits per heavy atom. The zero-order chi connectivity index (χ0) is 15.3. The Morgan fingerprint density at radius 1 is 1.09 bits per heavy atom. The average Bonchev–Trinajstić information content (AvgIpc) is 2.85. The van der Waals surface area contributed by atoms with Gasteiger partial charge in [0.15, 0.2) is 0 Å². The number of aromatic amines is 1. The number of aromatic nitrogens is 4. The highest BCUT2D eigenvalue weighted by Crippen LogP contribution is 2.22. The van der Waals surface area contributed by atoms with Crippen LogP contribution in [0.3, 0.4) is 0 Å². The number of hydrogen-bond acceptors (Lipinski definition) is 3. The van der Waals surface area contributed by atoms with Gasteiger partial charge in [0.2, 0.25) is 0 Å². The van der Waals surface area contributed by atoms with E-state index in [2.05, 4.69) is 15.1 Å². The third-order valence-corrected chi connectivity index (χ3v) is 3.88. The molecule has 3 aromatic heterocycles. The molecule has 0 unspecified atom stereocenters. The summed E-state index contributed by atoms with van der Waals surface area (Å²) in [6.45, 7) is 2.00. The molecule has 0 radical (unpaired) electrons. The Kier molecular flexibility index (Phi) is 2.77. The first-order chi connectivity index (χ1) is 10.6. The van der Waals surface area contributed by atoms with E-state index in [4.69, 9.17) is 11.6 Å². The molecule has 0 fully saturated rings. The summed E-state index contributed by atoms with van der Waals surface area (Å²) in [5.41, 5.74) is 3.19. The lowest BCUT2D eigenvalue weighted by Gasteiger charge is -2.01. The number of pyridine rings is 2. The molecule has 1 aromatic carbocycles. The van der Waals surface area contributed by atoms with Crippen molar-refractivity contribution in [3.05, 3.63) is 63.8 Å². The van der Waals surface area contributed by atoms with Crippen molar-refractivity contribution in [3.63, 3.8) is 0 Å². The molecule has 0 aliphatic heterocycles. The Morgan fingerprint density at radius 3 is 2.59 bits per heavy atom. The maximum absolute atomic E-state index is 12.6. The first kappa shape index (κ1) is 13.0. The number of benzene rings is 1. The van der Waals surface area contributed by atoms with E-state index in [0.29, 0.717) is 21.6 Å². The molecule has 4 rings (SSSR count). The largest absolute Gasteiger partial charge is 0.289 e. The van der Waals surface area contributed by atoms with E-state index in [1.54, 1.807) is 18.5 Å². The third-order valence-electron chi connectivity index (χ3n) is 3.67. The van der Waals surface area contributed by atoms with Crippen LogP contribution in [-0.2, 0) is 0 Å². The van der Waals surface area contributed by atoms with Gasteiger partial charge in [0, 0.05) is 23.8 Å². The van der Waals surface area contributed by atoms with Gasteiger partial charge in [-0.15, -0.1) is 0 Å². The predicted octanol–water partition coefficient (Wildman–Crippen LogP) is 3.22. The van der Waals surface area contributed by atoms with E-state index in [9.17, 15) is 4.79 Å². The monoisotopic (exact) mass is 310 g/mol. The normalized spacial score (nSPS) is 11.4. The number of rotatable bonds is 1. The molecule has 108 valence electrons. The van der Waals surface area contributed by atoms with Gasteiger partial charge in [-0.1, -0.05) is 29.3 Å². The van der Waals surface area contributed by atoms with Crippen molar-refractivity contribution in [2.75, 3.05) is 0 Å². The van der Waals surface area contributed by atoms with Gasteiger partial charge in [-0.2, -0.15) is 0 Å². The second-order valence-electron chi connectivity index (χ2n) is 5.16. The van der Waals surface area contributed by atoms with Crippen molar-refractivity contribution >= 4 is 33.4 Å². The minimum Gasteiger partial charge on any atom is -0.289 e. The maximum atomic E-state index is 12.6. The van der Waals surface area contributed by atoms with Crippen molar-refractivity contribution in [1.29, 1.82) is 0 Å². The quantitative estimate of drug-likeness (QED) is 0.549. The van der Waals surface area contributed by atoms with Crippen molar-refractivity contribution in [2.45, 2.75) is 6.92 Å². The zero-order valence-corrected chi connectivity index (χ0v) is 12.4. The van der Waals surface area contributed by atoms with Crippen LogP contribution in [0.25, 0.3) is 27.5 Å². The fraction of sp³-hybridized carbons (Fsp3) is 0.0625. The predicted molar refractivity (Wildman–Crippen MR) is 86.7 cm³/mol. The van der Waals surface area contributed by atoms with E-state index >= 15 is 0 Å². The van der Waals surface area contributed by atoms with Gasteiger partial charge in [0.25, 0.3) is 5.56 Å². The Labute approximate surface area is 130 Å². The van der Waals surface area contributed by atoms with E-state index in [1.165, 1.54) is 4.68 Å². The maximum Gasteiger partial charge on any atom is 0.280 e.